The first-order valence-corrected chi connectivity index (χ1v) is 6.54. The van der Waals surface area contributed by atoms with Gasteiger partial charge in [-0.05, 0) is 12.0 Å². The van der Waals surface area contributed by atoms with E-state index in [1.807, 2.05) is 0 Å². The summed E-state index contributed by atoms with van der Waals surface area (Å²) in [6.45, 7) is 3.85. The molecule has 0 aliphatic rings. The van der Waals surface area contributed by atoms with E-state index >= 15 is 0 Å². The Hall–Kier alpha value is -2.52. The molecule has 0 saturated carbocycles. The summed E-state index contributed by atoms with van der Waals surface area (Å²) in [4.78, 5) is 21.9. The molecule has 0 fully saturated rings. The number of carboxylic acid groups (broad SMARTS) is 1. The van der Waals surface area contributed by atoms with Gasteiger partial charge in [-0.2, -0.15) is 13.2 Å². The molecule has 0 spiro atoms. The number of anilines is 2. The van der Waals surface area contributed by atoms with Crippen LogP contribution in [0.3, 0.4) is 0 Å². The number of nitrogens with one attached hydrogen (secondary N) is 1. The summed E-state index contributed by atoms with van der Waals surface area (Å²) in [5, 5.41) is 21.4. The number of rotatable bonds is 5. The maximum absolute atomic E-state index is 13.2. The van der Waals surface area contributed by atoms with E-state index in [2.05, 4.69) is 0 Å². The van der Waals surface area contributed by atoms with E-state index in [0.29, 0.717) is 6.07 Å². The molecule has 0 aliphatic heterocycles. The number of nitro benzene ring substituents is 1. The fraction of sp³-hybridized carbons (Fsp3) is 0.462. The Morgan fingerprint density at radius 3 is 2.39 bits per heavy atom. The lowest BCUT2D eigenvalue weighted by Crippen LogP contribution is -2.26. The molecule has 0 atom stereocenters. The second kappa shape index (κ2) is 6.71. The second-order valence-corrected chi connectivity index (χ2v) is 5.35. The maximum Gasteiger partial charge on any atom is 0.418 e. The highest BCUT2D eigenvalue weighted by Gasteiger charge is 2.37. The zero-order chi connectivity index (χ0) is 17.9. The van der Waals surface area contributed by atoms with Gasteiger partial charge in [-0.25, -0.2) is 4.79 Å². The summed E-state index contributed by atoms with van der Waals surface area (Å²) < 4.78 is 39.6. The molecule has 0 aromatic heterocycles. The number of nitro groups is 1. The molecule has 1 rings (SSSR count). The van der Waals surface area contributed by atoms with E-state index in [9.17, 15) is 28.1 Å². The van der Waals surface area contributed by atoms with Crippen molar-refractivity contribution in [2.75, 3.05) is 23.8 Å². The van der Waals surface area contributed by atoms with Crippen molar-refractivity contribution in [1.82, 2.24) is 0 Å². The van der Waals surface area contributed by atoms with Gasteiger partial charge in [0.1, 0.15) is 5.69 Å². The number of alkyl halides is 3. The smallest absolute Gasteiger partial charge is 0.418 e. The normalized spacial score (nSPS) is 11.4. The molecule has 0 saturated heterocycles. The lowest BCUT2D eigenvalue weighted by atomic mass is 10.1. The molecule has 23 heavy (non-hydrogen) atoms. The minimum Gasteiger partial charge on any atom is -0.465 e. The highest BCUT2D eigenvalue weighted by Crippen LogP contribution is 2.42. The Morgan fingerprint density at radius 2 is 2.00 bits per heavy atom. The monoisotopic (exact) mass is 335 g/mol. The van der Waals surface area contributed by atoms with Crippen molar-refractivity contribution in [3.05, 3.63) is 27.8 Å². The van der Waals surface area contributed by atoms with Crippen molar-refractivity contribution in [1.29, 1.82) is 0 Å². The van der Waals surface area contributed by atoms with Crippen LogP contribution in [0.1, 0.15) is 19.4 Å². The van der Waals surface area contributed by atoms with Crippen LogP contribution in [0.2, 0.25) is 0 Å². The molecule has 1 aromatic rings. The average molecular weight is 335 g/mol. The Morgan fingerprint density at radius 1 is 1.43 bits per heavy atom. The fourth-order valence-electron chi connectivity index (χ4n) is 2.13. The first-order chi connectivity index (χ1) is 10.4. The number of halogens is 3. The quantitative estimate of drug-likeness (QED) is 0.630. The number of carbonyl (C=O) groups is 1. The Kier molecular flexibility index (Phi) is 5.41. The molecule has 7 nitrogen and oxygen atoms in total. The van der Waals surface area contributed by atoms with Crippen LogP contribution in [0.25, 0.3) is 0 Å². The van der Waals surface area contributed by atoms with E-state index in [1.54, 1.807) is 19.2 Å². The van der Waals surface area contributed by atoms with Crippen molar-refractivity contribution in [3.8, 4) is 0 Å². The molecule has 0 radical (unpaired) electrons. The van der Waals surface area contributed by atoms with Crippen molar-refractivity contribution in [2.45, 2.75) is 20.0 Å². The van der Waals surface area contributed by atoms with Gasteiger partial charge in [0.25, 0.3) is 5.69 Å². The molecular formula is C13H16F3N3O4. The topological polar surface area (TPSA) is 95.7 Å². The minimum absolute atomic E-state index is 0.0344. The first kappa shape index (κ1) is 18.5. The van der Waals surface area contributed by atoms with Gasteiger partial charge in [0.2, 0.25) is 0 Å². The Balaban J connectivity index is 3.57. The summed E-state index contributed by atoms with van der Waals surface area (Å²) in [5.74, 6) is 0.0344. The van der Waals surface area contributed by atoms with Crippen LogP contribution in [-0.2, 0) is 6.18 Å². The van der Waals surface area contributed by atoms with E-state index in [-0.39, 0.29) is 18.2 Å². The van der Waals surface area contributed by atoms with Gasteiger partial charge in [-0.3, -0.25) is 15.4 Å². The molecule has 0 heterocycles. The summed E-state index contributed by atoms with van der Waals surface area (Å²) in [6, 6.07) is 1.18. The number of hydrogen-bond donors (Lipinski definition) is 2. The van der Waals surface area contributed by atoms with Crippen LogP contribution < -0.4 is 10.2 Å². The SMILES string of the molecule is CC(C)CN(C)c1cc(NC(=O)O)c([N+](=O)[O-])cc1C(F)(F)F. The van der Waals surface area contributed by atoms with Gasteiger partial charge < -0.3 is 10.0 Å². The summed E-state index contributed by atoms with van der Waals surface area (Å²) in [5.41, 5.74) is -2.99. The lowest BCUT2D eigenvalue weighted by molar-refractivity contribution is -0.384. The zero-order valence-corrected chi connectivity index (χ0v) is 12.6. The predicted molar refractivity (Wildman–Crippen MR) is 77.9 cm³/mol. The maximum atomic E-state index is 13.2. The molecule has 128 valence electrons. The summed E-state index contributed by atoms with van der Waals surface area (Å²) in [7, 11) is 1.40. The predicted octanol–water partition coefficient (Wildman–Crippen LogP) is 3.80. The second-order valence-electron chi connectivity index (χ2n) is 5.35. The molecule has 2 N–H and O–H groups in total. The van der Waals surface area contributed by atoms with Gasteiger partial charge in [0.05, 0.1) is 16.2 Å². The number of hydrogen-bond acceptors (Lipinski definition) is 4. The van der Waals surface area contributed by atoms with Crippen LogP contribution in [-0.4, -0.2) is 29.7 Å². The molecule has 10 heteroatoms. The highest BCUT2D eigenvalue weighted by atomic mass is 19.4. The molecule has 0 unspecified atom stereocenters. The number of nitrogens with zero attached hydrogens (tertiary/aromatic N) is 2. The third-order valence-corrected chi connectivity index (χ3v) is 2.91. The van der Waals surface area contributed by atoms with E-state index in [4.69, 9.17) is 5.11 Å². The van der Waals surface area contributed by atoms with Crippen LogP contribution in [0.5, 0.6) is 0 Å². The van der Waals surface area contributed by atoms with Crippen molar-refractivity contribution < 1.29 is 28.0 Å². The van der Waals surface area contributed by atoms with Crippen molar-refractivity contribution in [2.24, 2.45) is 5.92 Å². The fourth-order valence-corrected chi connectivity index (χ4v) is 2.13. The standard InChI is InChI=1S/C13H16F3N3O4/c1-7(2)6-18(3)10-5-9(17-12(20)21)11(19(22)23)4-8(10)13(14,15)16/h4-5,7,17H,6H2,1-3H3,(H,20,21). The third-order valence-electron chi connectivity index (χ3n) is 2.91. The highest BCUT2D eigenvalue weighted by molar-refractivity contribution is 5.88. The summed E-state index contributed by atoms with van der Waals surface area (Å²) in [6.07, 6.45) is -6.42. The largest absolute Gasteiger partial charge is 0.465 e. The third kappa shape index (κ3) is 4.73. The van der Waals surface area contributed by atoms with Gasteiger partial charge in [-0.15, -0.1) is 0 Å². The van der Waals surface area contributed by atoms with Crippen LogP contribution in [0.4, 0.5) is 35.0 Å². The number of benzene rings is 1. The van der Waals surface area contributed by atoms with Gasteiger partial charge in [0.15, 0.2) is 0 Å². The van der Waals surface area contributed by atoms with Crippen LogP contribution in [0.15, 0.2) is 12.1 Å². The molecular weight excluding hydrogens is 319 g/mol. The van der Waals surface area contributed by atoms with Gasteiger partial charge >= 0.3 is 12.3 Å². The Bertz CT molecular complexity index is 617. The first-order valence-electron chi connectivity index (χ1n) is 6.54. The van der Waals surface area contributed by atoms with E-state index in [0.717, 1.165) is 6.07 Å². The molecule has 1 aromatic carbocycles. The van der Waals surface area contributed by atoms with Gasteiger partial charge in [-0.1, -0.05) is 13.8 Å². The summed E-state index contributed by atoms with van der Waals surface area (Å²) >= 11 is 0. The minimum atomic E-state index is -4.81. The molecule has 0 aliphatic carbocycles. The zero-order valence-electron chi connectivity index (χ0n) is 12.6. The molecule has 0 bridgehead atoms. The van der Waals surface area contributed by atoms with Crippen LogP contribution >= 0.6 is 0 Å². The van der Waals surface area contributed by atoms with Crippen molar-refractivity contribution >= 4 is 23.2 Å². The van der Waals surface area contributed by atoms with E-state index in [1.165, 1.54) is 11.9 Å². The van der Waals surface area contributed by atoms with Crippen LogP contribution in [0, 0.1) is 16.0 Å². The van der Waals surface area contributed by atoms with E-state index < -0.39 is 34.1 Å². The number of amides is 1. The average Bonchev–Trinajstić information content (AvgIpc) is 2.34. The molecule has 1 amide bonds. The Labute approximate surface area is 129 Å². The van der Waals surface area contributed by atoms with Crippen molar-refractivity contribution in [3.63, 3.8) is 0 Å². The lowest BCUT2D eigenvalue weighted by Gasteiger charge is -2.25. The van der Waals surface area contributed by atoms with Gasteiger partial charge in [0, 0.05) is 19.7 Å².